The van der Waals surface area contributed by atoms with Crippen molar-refractivity contribution in [3.05, 3.63) is 71.5 Å². The van der Waals surface area contributed by atoms with Crippen LogP contribution >= 0.6 is 11.6 Å². The first-order valence-electron chi connectivity index (χ1n) is 9.41. The van der Waals surface area contributed by atoms with Crippen LogP contribution in [0, 0.1) is 0 Å². The van der Waals surface area contributed by atoms with E-state index >= 15 is 0 Å². The molecule has 0 unspecified atom stereocenters. The van der Waals surface area contributed by atoms with Crippen molar-refractivity contribution in [2.75, 3.05) is 38.2 Å². The molecule has 4 rings (SSSR count). The third-order valence-electron chi connectivity index (χ3n) is 5.01. The van der Waals surface area contributed by atoms with Gasteiger partial charge in [0.1, 0.15) is 17.9 Å². The van der Waals surface area contributed by atoms with Gasteiger partial charge in [-0.2, -0.15) is 0 Å². The van der Waals surface area contributed by atoms with Crippen LogP contribution in [-0.4, -0.2) is 54.1 Å². The topological polar surface area (TPSA) is 58.6 Å². The Morgan fingerprint density at radius 2 is 1.76 bits per heavy atom. The number of carbonyl (C=O) groups is 1. The van der Waals surface area contributed by atoms with Gasteiger partial charge in [0.15, 0.2) is 0 Å². The van der Waals surface area contributed by atoms with Crippen LogP contribution in [-0.2, 0) is 0 Å². The summed E-state index contributed by atoms with van der Waals surface area (Å²) >= 11 is 6.08. The fourth-order valence-electron chi connectivity index (χ4n) is 3.44. The summed E-state index contributed by atoms with van der Waals surface area (Å²) in [4.78, 5) is 25.8. The molecule has 29 heavy (non-hydrogen) atoms. The van der Waals surface area contributed by atoms with E-state index in [0.29, 0.717) is 42.5 Å². The summed E-state index contributed by atoms with van der Waals surface area (Å²) in [6.45, 7) is 2.58. The smallest absolute Gasteiger partial charge is 0.257 e. The van der Waals surface area contributed by atoms with Crippen molar-refractivity contribution in [3.63, 3.8) is 0 Å². The molecule has 1 amide bonds. The van der Waals surface area contributed by atoms with E-state index in [4.69, 9.17) is 16.3 Å². The number of hydrogen-bond donors (Lipinski definition) is 0. The molecule has 148 valence electrons. The van der Waals surface area contributed by atoms with E-state index in [1.165, 1.54) is 0 Å². The van der Waals surface area contributed by atoms with Crippen LogP contribution in [0.4, 0.5) is 5.82 Å². The van der Waals surface area contributed by atoms with Gasteiger partial charge in [-0.3, -0.25) is 4.79 Å². The van der Waals surface area contributed by atoms with E-state index in [9.17, 15) is 4.79 Å². The standard InChI is InChI=1S/C22H21ClN4O2/c1-29-20-8-7-17(23)13-18(20)22(28)27-11-9-26(10-12-27)21-14-19(24-15-25-21)16-5-3-2-4-6-16/h2-8,13-15H,9-12H2,1H3. The molecule has 0 spiro atoms. The highest BCUT2D eigenvalue weighted by molar-refractivity contribution is 6.31. The van der Waals surface area contributed by atoms with Crippen LogP contribution in [0.15, 0.2) is 60.9 Å². The molecule has 0 atom stereocenters. The van der Waals surface area contributed by atoms with E-state index in [-0.39, 0.29) is 5.91 Å². The maximum atomic E-state index is 13.0. The van der Waals surface area contributed by atoms with Gasteiger partial charge in [-0.1, -0.05) is 41.9 Å². The van der Waals surface area contributed by atoms with Crippen LogP contribution in [0.25, 0.3) is 11.3 Å². The molecule has 1 aliphatic rings. The summed E-state index contributed by atoms with van der Waals surface area (Å²) in [7, 11) is 1.55. The molecule has 0 radical (unpaired) electrons. The fourth-order valence-corrected chi connectivity index (χ4v) is 3.62. The van der Waals surface area contributed by atoms with Crippen molar-refractivity contribution in [1.29, 1.82) is 0 Å². The molecule has 0 bridgehead atoms. The summed E-state index contributed by atoms with van der Waals surface area (Å²) in [5.74, 6) is 1.33. The molecule has 1 aromatic heterocycles. The fraction of sp³-hybridized carbons (Fsp3) is 0.227. The van der Waals surface area contributed by atoms with Crippen LogP contribution < -0.4 is 9.64 Å². The number of halogens is 1. The van der Waals surface area contributed by atoms with Gasteiger partial charge in [0.2, 0.25) is 0 Å². The third kappa shape index (κ3) is 4.17. The van der Waals surface area contributed by atoms with Gasteiger partial charge >= 0.3 is 0 Å². The van der Waals surface area contributed by atoms with Gasteiger partial charge in [0.05, 0.1) is 18.4 Å². The molecule has 0 aliphatic carbocycles. The van der Waals surface area contributed by atoms with Gasteiger partial charge in [0.25, 0.3) is 5.91 Å². The molecule has 1 fully saturated rings. The van der Waals surface area contributed by atoms with E-state index < -0.39 is 0 Å². The normalized spacial score (nSPS) is 14.0. The number of ether oxygens (including phenoxy) is 1. The van der Waals surface area contributed by atoms with Gasteiger partial charge < -0.3 is 14.5 Å². The highest BCUT2D eigenvalue weighted by Gasteiger charge is 2.25. The van der Waals surface area contributed by atoms with Crippen molar-refractivity contribution < 1.29 is 9.53 Å². The minimum atomic E-state index is -0.0725. The lowest BCUT2D eigenvalue weighted by Crippen LogP contribution is -2.49. The Bertz CT molecular complexity index is 1000. The first-order valence-corrected chi connectivity index (χ1v) is 9.79. The monoisotopic (exact) mass is 408 g/mol. The van der Waals surface area contributed by atoms with E-state index in [1.54, 1.807) is 31.6 Å². The van der Waals surface area contributed by atoms with Crippen LogP contribution in [0.2, 0.25) is 5.02 Å². The quantitative estimate of drug-likeness (QED) is 0.657. The third-order valence-corrected chi connectivity index (χ3v) is 5.24. The number of piperazine rings is 1. The van der Waals surface area contributed by atoms with Crippen molar-refractivity contribution in [2.24, 2.45) is 0 Å². The number of methoxy groups -OCH3 is 1. The molecule has 1 aliphatic heterocycles. The molecule has 0 N–H and O–H groups in total. The van der Waals surface area contributed by atoms with Gasteiger partial charge in [-0.25, -0.2) is 9.97 Å². The number of amides is 1. The Labute approximate surface area is 174 Å². The Morgan fingerprint density at radius 3 is 2.48 bits per heavy atom. The predicted octanol–water partition coefficient (Wildman–Crippen LogP) is 3.77. The van der Waals surface area contributed by atoms with Crippen molar-refractivity contribution in [3.8, 4) is 17.0 Å². The predicted molar refractivity (Wildman–Crippen MR) is 114 cm³/mol. The molecule has 1 saturated heterocycles. The lowest BCUT2D eigenvalue weighted by atomic mass is 10.1. The average Bonchev–Trinajstić information content (AvgIpc) is 2.79. The second-order valence-corrected chi connectivity index (χ2v) is 7.19. The molecular formula is C22H21ClN4O2. The zero-order valence-electron chi connectivity index (χ0n) is 16.1. The van der Waals surface area contributed by atoms with Crippen molar-refractivity contribution in [2.45, 2.75) is 0 Å². The first kappa shape index (κ1) is 19.2. The molecule has 3 aromatic rings. The number of anilines is 1. The van der Waals surface area contributed by atoms with E-state index in [0.717, 1.165) is 17.1 Å². The average molecular weight is 409 g/mol. The van der Waals surface area contributed by atoms with Crippen LogP contribution in [0.5, 0.6) is 5.75 Å². The summed E-state index contributed by atoms with van der Waals surface area (Å²) in [6, 6.07) is 17.1. The maximum absolute atomic E-state index is 13.0. The summed E-state index contributed by atoms with van der Waals surface area (Å²) in [5, 5.41) is 0.516. The van der Waals surface area contributed by atoms with Crippen LogP contribution in [0.3, 0.4) is 0 Å². The highest BCUT2D eigenvalue weighted by atomic mass is 35.5. The summed E-state index contributed by atoms with van der Waals surface area (Å²) < 4.78 is 5.32. The minimum absolute atomic E-state index is 0.0725. The second-order valence-electron chi connectivity index (χ2n) is 6.75. The Kier molecular flexibility index (Phi) is 5.62. The molecule has 6 nitrogen and oxygen atoms in total. The Hall–Kier alpha value is -3.12. The van der Waals surface area contributed by atoms with Gasteiger partial charge in [0, 0.05) is 42.8 Å². The van der Waals surface area contributed by atoms with Gasteiger partial charge in [-0.15, -0.1) is 0 Å². The zero-order chi connectivity index (χ0) is 20.2. The summed E-state index contributed by atoms with van der Waals surface area (Å²) in [5.41, 5.74) is 2.43. The molecule has 2 aromatic carbocycles. The minimum Gasteiger partial charge on any atom is -0.496 e. The first-order chi connectivity index (χ1) is 14.2. The molecule has 2 heterocycles. The molecular weight excluding hydrogens is 388 g/mol. The van der Waals surface area contributed by atoms with E-state index in [2.05, 4.69) is 14.9 Å². The second kappa shape index (κ2) is 8.49. The number of carbonyl (C=O) groups excluding carboxylic acids is 1. The highest BCUT2D eigenvalue weighted by Crippen LogP contribution is 2.26. The largest absolute Gasteiger partial charge is 0.496 e. The number of benzene rings is 2. The van der Waals surface area contributed by atoms with Gasteiger partial charge in [-0.05, 0) is 18.2 Å². The lowest BCUT2D eigenvalue weighted by Gasteiger charge is -2.35. The molecule has 7 heteroatoms. The summed E-state index contributed by atoms with van der Waals surface area (Å²) in [6.07, 6.45) is 1.59. The number of aromatic nitrogens is 2. The SMILES string of the molecule is COc1ccc(Cl)cc1C(=O)N1CCN(c2cc(-c3ccccc3)ncn2)CC1. The number of nitrogens with zero attached hydrogens (tertiary/aromatic N) is 4. The molecule has 0 saturated carbocycles. The maximum Gasteiger partial charge on any atom is 0.257 e. The lowest BCUT2D eigenvalue weighted by molar-refractivity contribution is 0.0743. The zero-order valence-corrected chi connectivity index (χ0v) is 16.8. The van der Waals surface area contributed by atoms with Crippen molar-refractivity contribution in [1.82, 2.24) is 14.9 Å². The van der Waals surface area contributed by atoms with Crippen molar-refractivity contribution >= 4 is 23.3 Å². The number of rotatable bonds is 4. The number of hydrogen-bond acceptors (Lipinski definition) is 5. The Balaban J connectivity index is 1.46. The van der Waals surface area contributed by atoms with Crippen LogP contribution in [0.1, 0.15) is 10.4 Å². The Morgan fingerprint density at radius 1 is 1.00 bits per heavy atom. The van der Waals surface area contributed by atoms with E-state index in [1.807, 2.05) is 41.3 Å².